The van der Waals surface area contributed by atoms with Crippen molar-refractivity contribution < 1.29 is 9.90 Å². The molecule has 1 unspecified atom stereocenters. The van der Waals surface area contributed by atoms with Crippen LogP contribution in [-0.2, 0) is 6.54 Å². The molecule has 0 bridgehead atoms. The van der Waals surface area contributed by atoms with Gasteiger partial charge in [0, 0.05) is 19.1 Å². The molecule has 0 aliphatic rings. The van der Waals surface area contributed by atoms with Gasteiger partial charge in [-0.25, -0.2) is 9.78 Å². The van der Waals surface area contributed by atoms with Crippen LogP contribution in [0.2, 0.25) is 0 Å². The van der Waals surface area contributed by atoms with Crippen molar-refractivity contribution in [3.05, 3.63) is 59.8 Å². The molecule has 0 spiro atoms. The van der Waals surface area contributed by atoms with Crippen LogP contribution in [0.3, 0.4) is 0 Å². The number of nitrogens with one attached hydrogen (secondary N) is 1. The summed E-state index contributed by atoms with van der Waals surface area (Å²) in [6, 6.07) is 15.5. The van der Waals surface area contributed by atoms with Crippen molar-refractivity contribution in [3.8, 4) is 0 Å². The standard InChI is InChI=1S/C17H21N3O2/c1-13(20(2)12-14-7-4-3-5-8-14)11-18-16-10-6-9-15(19-16)17(21)22/h3-10,13H,11-12H2,1-2H3,(H,18,19)(H,21,22). The molecule has 0 aliphatic carbocycles. The maximum Gasteiger partial charge on any atom is 0.354 e. The van der Waals surface area contributed by atoms with E-state index >= 15 is 0 Å². The molecule has 0 fully saturated rings. The van der Waals surface area contributed by atoms with Crippen LogP contribution in [0.4, 0.5) is 5.82 Å². The van der Waals surface area contributed by atoms with Gasteiger partial charge in [0.15, 0.2) is 5.69 Å². The van der Waals surface area contributed by atoms with Gasteiger partial charge < -0.3 is 10.4 Å². The second-order valence-electron chi connectivity index (χ2n) is 5.34. The number of carboxylic acids is 1. The van der Waals surface area contributed by atoms with Crippen LogP contribution in [0.25, 0.3) is 0 Å². The third-order valence-electron chi connectivity index (χ3n) is 3.57. The molecule has 0 saturated heterocycles. The number of rotatable bonds is 7. The topological polar surface area (TPSA) is 65.5 Å². The first-order valence-electron chi connectivity index (χ1n) is 7.24. The van der Waals surface area contributed by atoms with Crippen molar-refractivity contribution in [2.75, 3.05) is 18.9 Å². The van der Waals surface area contributed by atoms with Crippen molar-refractivity contribution in [2.24, 2.45) is 0 Å². The van der Waals surface area contributed by atoms with Gasteiger partial charge in [-0.3, -0.25) is 4.90 Å². The minimum absolute atomic E-state index is 0.0512. The van der Waals surface area contributed by atoms with Gasteiger partial charge in [-0.1, -0.05) is 36.4 Å². The Morgan fingerprint density at radius 1 is 1.23 bits per heavy atom. The molecule has 1 atom stereocenters. The van der Waals surface area contributed by atoms with E-state index in [9.17, 15) is 4.79 Å². The van der Waals surface area contributed by atoms with Crippen LogP contribution in [0.1, 0.15) is 23.0 Å². The Labute approximate surface area is 130 Å². The molecule has 22 heavy (non-hydrogen) atoms. The molecule has 116 valence electrons. The summed E-state index contributed by atoms with van der Waals surface area (Å²) in [5, 5.41) is 12.1. The fraction of sp³-hybridized carbons (Fsp3) is 0.294. The Balaban J connectivity index is 1.88. The fourth-order valence-corrected chi connectivity index (χ4v) is 2.09. The first kappa shape index (κ1) is 16.0. The van der Waals surface area contributed by atoms with E-state index in [-0.39, 0.29) is 11.7 Å². The highest BCUT2D eigenvalue weighted by Gasteiger charge is 2.10. The predicted molar refractivity (Wildman–Crippen MR) is 87.1 cm³/mol. The monoisotopic (exact) mass is 299 g/mol. The van der Waals surface area contributed by atoms with Crippen LogP contribution in [0, 0.1) is 0 Å². The van der Waals surface area contributed by atoms with Gasteiger partial charge in [-0.05, 0) is 31.7 Å². The number of benzene rings is 1. The lowest BCUT2D eigenvalue weighted by Gasteiger charge is -2.25. The van der Waals surface area contributed by atoms with Gasteiger partial charge in [0.25, 0.3) is 0 Å². The van der Waals surface area contributed by atoms with E-state index in [4.69, 9.17) is 5.11 Å². The van der Waals surface area contributed by atoms with Crippen LogP contribution in [-0.4, -0.2) is 40.6 Å². The van der Waals surface area contributed by atoms with Gasteiger partial charge in [-0.15, -0.1) is 0 Å². The summed E-state index contributed by atoms with van der Waals surface area (Å²) in [5.74, 6) is -0.433. The molecule has 1 heterocycles. The van der Waals surface area contributed by atoms with Crippen LogP contribution in [0.5, 0.6) is 0 Å². The van der Waals surface area contributed by atoms with Gasteiger partial charge in [0.2, 0.25) is 0 Å². The van der Waals surface area contributed by atoms with Crippen molar-refractivity contribution in [1.82, 2.24) is 9.88 Å². The zero-order valence-electron chi connectivity index (χ0n) is 12.9. The summed E-state index contributed by atoms with van der Waals surface area (Å²) in [4.78, 5) is 17.2. The zero-order chi connectivity index (χ0) is 15.9. The van der Waals surface area contributed by atoms with Gasteiger partial charge in [-0.2, -0.15) is 0 Å². The third-order valence-corrected chi connectivity index (χ3v) is 3.57. The second kappa shape index (κ2) is 7.56. The summed E-state index contributed by atoms with van der Waals surface area (Å²) < 4.78 is 0. The number of likely N-dealkylation sites (N-methyl/N-ethyl adjacent to an activating group) is 1. The van der Waals surface area contributed by atoms with E-state index in [1.807, 2.05) is 18.2 Å². The van der Waals surface area contributed by atoms with E-state index in [2.05, 4.69) is 41.3 Å². The number of aromatic nitrogens is 1. The summed E-state index contributed by atoms with van der Waals surface area (Å²) in [5.41, 5.74) is 1.32. The molecule has 1 aromatic heterocycles. The average Bonchev–Trinajstić information content (AvgIpc) is 2.53. The number of carboxylic acid groups (broad SMARTS) is 1. The molecule has 5 nitrogen and oxygen atoms in total. The lowest BCUT2D eigenvalue weighted by atomic mass is 10.2. The van der Waals surface area contributed by atoms with Gasteiger partial charge in [0.05, 0.1) is 0 Å². The summed E-state index contributed by atoms with van der Waals surface area (Å²) in [6.45, 7) is 3.68. The van der Waals surface area contributed by atoms with Crippen LogP contribution < -0.4 is 5.32 Å². The molecule has 0 radical (unpaired) electrons. The van der Waals surface area contributed by atoms with E-state index < -0.39 is 5.97 Å². The zero-order valence-corrected chi connectivity index (χ0v) is 12.9. The lowest BCUT2D eigenvalue weighted by Crippen LogP contribution is -2.34. The fourth-order valence-electron chi connectivity index (χ4n) is 2.09. The SMILES string of the molecule is CC(CNc1cccc(C(=O)O)n1)N(C)Cc1ccccc1. The van der Waals surface area contributed by atoms with Crippen molar-refractivity contribution in [3.63, 3.8) is 0 Å². The first-order valence-corrected chi connectivity index (χ1v) is 7.24. The number of carbonyl (C=O) groups is 1. The Hall–Kier alpha value is -2.40. The molecule has 5 heteroatoms. The molecular weight excluding hydrogens is 278 g/mol. The minimum atomic E-state index is -1.02. The van der Waals surface area contributed by atoms with Gasteiger partial charge >= 0.3 is 5.97 Å². The number of nitrogens with zero attached hydrogens (tertiary/aromatic N) is 2. The highest BCUT2D eigenvalue weighted by molar-refractivity contribution is 5.85. The first-order chi connectivity index (χ1) is 10.6. The minimum Gasteiger partial charge on any atom is -0.477 e. The molecular formula is C17H21N3O2. The lowest BCUT2D eigenvalue weighted by molar-refractivity contribution is 0.0690. The molecule has 0 amide bonds. The number of anilines is 1. The van der Waals surface area contributed by atoms with Gasteiger partial charge in [0.1, 0.15) is 5.82 Å². The number of hydrogen-bond acceptors (Lipinski definition) is 4. The quantitative estimate of drug-likeness (QED) is 0.823. The third kappa shape index (κ3) is 4.56. The molecule has 1 aromatic carbocycles. The van der Waals surface area contributed by atoms with Crippen molar-refractivity contribution in [2.45, 2.75) is 19.5 Å². The maximum atomic E-state index is 10.9. The van der Waals surface area contributed by atoms with Crippen LogP contribution in [0.15, 0.2) is 48.5 Å². The molecule has 2 rings (SSSR count). The number of pyridine rings is 1. The van der Waals surface area contributed by atoms with Crippen molar-refractivity contribution in [1.29, 1.82) is 0 Å². The molecule has 2 N–H and O–H groups in total. The number of hydrogen-bond donors (Lipinski definition) is 2. The van der Waals surface area contributed by atoms with E-state index in [1.54, 1.807) is 12.1 Å². The molecule has 0 saturated carbocycles. The number of aromatic carboxylic acids is 1. The normalized spacial score (nSPS) is 12.1. The van der Waals surface area contributed by atoms with E-state index in [0.29, 0.717) is 12.4 Å². The average molecular weight is 299 g/mol. The summed E-state index contributed by atoms with van der Waals surface area (Å²) >= 11 is 0. The highest BCUT2D eigenvalue weighted by Crippen LogP contribution is 2.08. The largest absolute Gasteiger partial charge is 0.477 e. The van der Waals surface area contributed by atoms with Crippen LogP contribution >= 0.6 is 0 Å². The predicted octanol–water partition coefficient (Wildman–Crippen LogP) is 2.71. The van der Waals surface area contributed by atoms with E-state index in [0.717, 1.165) is 6.54 Å². The highest BCUT2D eigenvalue weighted by atomic mass is 16.4. The Morgan fingerprint density at radius 2 is 1.95 bits per heavy atom. The Kier molecular flexibility index (Phi) is 5.49. The Bertz CT molecular complexity index is 616. The Morgan fingerprint density at radius 3 is 2.64 bits per heavy atom. The van der Waals surface area contributed by atoms with Crippen molar-refractivity contribution >= 4 is 11.8 Å². The summed E-state index contributed by atoms with van der Waals surface area (Å²) in [6.07, 6.45) is 0. The second-order valence-corrected chi connectivity index (χ2v) is 5.34. The molecule has 0 aliphatic heterocycles. The maximum absolute atomic E-state index is 10.9. The van der Waals surface area contributed by atoms with E-state index in [1.165, 1.54) is 11.6 Å². The smallest absolute Gasteiger partial charge is 0.354 e. The molecule has 2 aromatic rings. The summed E-state index contributed by atoms with van der Waals surface area (Å²) in [7, 11) is 2.07.